The van der Waals surface area contributed by atoms with Crippen molar-refractivity contribution in [2.75, 3.05) is 6.54 Å². The highest BCUT2D eigenvalue weighted by molar-refractivity contribution is 5.19. The molecule has 0 bridgehead atoms. The minimum Gasteiger partial charge on any atom is -0.313 e. The standard InChI is InChI=1S/C14H17N3/c1-2-15-9-13-10-16-14(17-11-13)8-12-6-4-3-5-7-12/h3-7,10-11,15H,2,8-9H2,1H3. The lowest BCUT2D eigenvalue weighted by atomic mass is 10.1. The number of benzene rings is 1. The molecule has 0 aliphatic carbocycles. The van der Waals surface area contributed by atoms with E-state index in [1.54, 1.807) is 0 Å². The van der Waals surface area contributed by atoms with Crippen molar-refractivity contribution in [3.8, 4) is 0 Å². The molecule has 0 aliphatic rings. The summed E-state index contributed by atoms with van der Waals surface area (Å²) in [5, 5.41) is 3.25. The molecule has 0 saturated heterocycles. The van der Waals surface area contributed by atoms with Crippen molar-refractivity contribution in [1.82, 2.24) is 15.3 Å². The van der Waals surface area contributed by atoms with Crippen molar-refractivity contribution in [2.24, 2.45) is 0 Å². The third-order valence-corrected chi connectivity index (χ3v) is 2.54. The monoisotopic (exact) mass is 227 g/mol. The Morgan fingerprint density at radius 2 is 1.71 bits per heavy atom. The highest BCUT2D eigenvalue weighted by Crippen LogP contribution is 2.05. The highest BCUT2D eigenvalue weighted by Gasteiger charge is 1.99. The van der Waals surface area contributed by atoms with Gasteiger partial charge in [-0.05, 0) is 12.1 Å². The summed E-state index contributed by atoms with van der Waals surface area (Å²) in [6.45, 7) is 3.89. The Labute approximate surface area is 102 Å². The zero-order chi connectivity index (χ0) is 11.9. The Hall–Kier alpha value is -1.74. The van der Waals surface area contributed by atoms with E-state index < -0.39 is 0 Å². The molecule has 0 radical (unpaired) electrons. The first-order chi connectivity index (χ1) is 8.38. The second-order valence-electron chi connectivity index (χ2n) is 3.95. The minimum absolute atomic E-state index is 0.794. The van der Waals surface area contributed by atoms with Gasteiger partial charge in [0.15, 0.2) is 0 Å². The van der Waals surface area contributed by atoms with Gasteiger partial charge in [-0.15, -0.1) is 0 Å². The molecule has 1 aromatic heterocycles. The number of rotatable bonds is 5. The van der Waals surface area contributed by atoms with Crippen LogP contribution >= 0.6 is 0 Å². The first-order valence-corrected chi connectivity index (χ1v) is 5.93. The molecule has 1 heterocycles. The molecule has 0 aliphatic heterocycles. The van der Waals surface area contributed by atoms with Crippen LogP contribution in [0.15, 0.2) is 42.7 Å². The van der Waals surface area contributed by atoms with Crippen LogP contribution < -0.4 is 5.32 Å². The molecule has 0 amide bonds. The molecule has 3 nitrogen and oxygen atoms in total. The Bertz CT molecular complexity index is 437. The molecule has 17 heavy (non-hydrogen) atoms. The number of hydrogen-bond donors (Lipinski definition) is 1. The summed E-state index contributed by atoms with van der Waals surface area (Å²) in [6.07, 6.45) is 4.59. The molecule has 2 aromatic rings. The molecule has 0 atom stereocenters. The van der Waals surface area contributed by atoms with Gasteiger partial charge in [0.25, 0.3) is 0 Å². The molecule has 2 rings (SSSR count). The van der Waals surface area contributed by atoms with Crippen LogP contribution in [0.2, 0.25) is 0 Å². The quantitative estimate of drug-likeness (QED) is 0.850. The summed E-state index contributed by atoms with van der Waals surface area (Å²) in [4.78, 5) is 8.75. The third kappa shape index (κ3) is 3.64. The molecule has 0 unspecified atom stereocenters. The van der Waals surface area contributed by atoms with E-state index in [2.05, 4.69) is 34.3 Å². The van der Waals surface area contributed by atoms with Gasteiger partial charge >= 0.3 is 0 Å². The Balaban J connectivity index is 1.98. The molecular formula is C14H17N3. The summed E-state index contributed by atoms with van der Waals surface area (Å²) in [7, 11) is 0. The van der Waals surface area contributed by atoms with E-state index in [4.69, 9.17) is 0 Å². The van der Waals surface area contributed by atoms with Crippen molar-refractivity contribution in [2.45, 2.75) is 19.9 Å². The minimum atomic E-state index is 0.794. The summed E-state index contributed by atoms with van der Waals surface area (Å²) in [5.74, 6) is 0.872. The van der Waals surface area contributed by atoms with Gasteiger partial charge in [0.1, 0.15) is 5.82 Å². The first-order valence-electron chi connectivity index (χ1n) is 5.93. The largest absolute Gasteiger partial charge is 0.313 e. The van der Waals surface area contributed by atoms with Crippen molar-refractivity contribution >= 4 is 0 Å². The fraction of sp³-hybridized carbons (Fsp3) is 0.286. The zero-order valence-corrected chi connectivity index (χ0v) is 10.1. The van der Waals surface area contributed by atoms with Gasteiger partial charge in [0.05, 0.1) is 0 Å². The van der Waals surface area contributed by atoms with Gasteiger partial charge in [0.2, 0.25) is 0 Å². The van der Waals surface area contributed by atoms with Crippen LogP contribution in [0.3, 0.4) is 0 Å². The molecule has 88 valence electrons. The van der Waals surface area contributed by atoms with Crippen LogP contribution in [0.1, 0.15) is 23.9 Å². The Morgan fingerprint density at radius 1 is 1.00 bits per heavy atom. The predicted molar refractivity (Wildman–Crippen MR) is 68.7 cm³/mol. The van der Waals surface area contributed by atoms with Gasteiger partial charge in [0, 0.05) is 30.9 Å². The average molecular weight is 227 g/mol. The van der Waals surface area contributed by atoms with E-state index in [1.807, 2.05) is 30.6 Å². The fourth-order valence-electron chi connectivity index (χ4n) is 1.61. The summed E-state index contributed by atoms with van der Waals surface area (Å²) < 4.78 is 0. The second-order valence-corrected chi connectivity index (χ2v) is 3.95. The Kier molecular flexibility index (Phi) is 4.22. The van der Waals surface area contributed by atoms with E-state index in [0.29, 0.717) is 0 Å². The van der Waals surface area contributed by atoms with Crippen LogP contribution in [0.4, 0.5) is 0 Å². The van der Waals surface area contributed by atoms with E-state index in [-0.39, 0.29) is 0 Å². The van der Waals surface area contributed by atoms with Gasteiger partial charge in [-0.1, -0.05) is 37.3 Å². The lowest BCUT2D eigenvalue weighted by Crippen LogP contribution is -2.12. The molecule has 0 saturated carbocycles. The maximum atomic E-state index is 4.38. The number of aromatic nitrogens is 2. The van der Waals surface area contributed by atoms with Gasteiger partial charge in [-0.2, -0.15) is 0 Å². The number of hydrogen-bond acceptors (Lipinski definition) is 3. The smallest absolute Gasteiger partial charge is 0.132 e. The highest BCUT2D eigenvalue weighted by atomic mass is 14.9. The van der Waals surface area contributed by atoms with Crippen LogP contribution in [0.5, 0.6) is 0 Å². The summed E-state index contributed by atoms with van der Waals surface area (Å²) in [5.41, 5.74) is 2.37. The second kappa shape index (κ2) is 6.11. The molecule has 0 fully saturated rings. The average Bonchev–Trinajstić information content (AvgIpc) is 2.39. The Morgan fingerprint density at radius 3 is 2.35 bits per heavy atom. The van der Waals surface area contributed by atoms with Crippen molar-refractivity contribution in [3.63, 3.8) is 0 Å². The molecule has 1 aromatic carbocycles. The number of nitrogens with zero attached hydrogens (tertiary/aromatic N) is 2. The van der Waals surface area contributed by atoms with Gasteiger partial charge < -0.3 is 5.32 Å². The van der Waals surface area contributed by atoms with E-state index in [0.717, 1.165) is 30.9 Å². The third-order valence-electron chi connectivity index (χ3n) is 2.54. The SMILES string of the molecule is CCNCc1cnc(Cc2ccccc2)nc1. The summed E-state index contributed by atoms with van der Waals surface area (Å²) >= 11 is 0. The lowest BCUT2D eigenvalue weighted by molar-refractivity contribution is 0.718. The zero-order valence-electron chi connectivity index (χ0n) is 10.1. The molecule has 3 heteroatoms. The van der Waals surface area contributed by atoms with Crippen molar-refractivity contribution in [1.29, 1.82) is 0 Å². The first kappa shape index (κ1) is 11.7. The van der Waals surface area contributed by atoms with Crippen molar-refractivity contribution in [3.05, 3.63) is 59.7 Å². The molecule has 1 N–H and O–H groups in total. The van der Waals surface area contributed by atoms with E-state index in [9.17, 15) is 0 Å². The maximum absolute atomic E-state index is 4.38. The lowest BCUT2D eigenvalue weighted by Gasteiger charge is -2.03. The van der Waals surface area contributed by atoms with Crippen molar-refractivity contribution < 1.29 is 0 Å². The summed E-state index contributed by atoms with van der Waals surface area (Å²) in [6, 6.07) is 10.3. The van der Waals surface area contributed by atoms with Gasteiger partial charge in [-0.3, -0.25) is 0 Å². The predicted octanol–water partition coefficient (Wildman–Crippen LogP) is 2.18. The van der Waals surface area contributed by atoms with E-state index in [1.165, 1.54) is 5.56 Å². The van der Waals surface area contributed by atoms with Gasteiger partial charge in [-0.25, -0.2) is 9.97 Å². The fourth-order valence-corrected chi connectivity index (χ4v) is 1.61. The van der Waals surface area contributed by atoms with Crippen LogP contribution in [-0.4, -0.2) is 16.5 Å². The number of nitrogens with one attached hydrogen (secondary N) is 1. The molecular weight excluding hydrogens is 210 g/mol. The van der Waals surface area contributed by atoms with Crippen LogP contribution in [0, 0.1) is 0 Å². The molecule has 0 spiro atoms. The van der Waals surface area contributed by atoms with Crippen LogP contribution in [-0.2, 0) is 13.0 Å². The normalized spacial score (nSPS) is 10.4. The van der Waals surface area contributed by atoms with E-state index >= 15 is 0 Å². The van der Waals surface area contributed by atoms with Crippen LogP contribution in [0.25, 0.3) is 0 Å². The maximum Gasteiger partial charge on any atom is 0.132 e. The topological polar surface area (TPSA) is 37.8 Å².